The van der Waals surface area contributed by atoms with Crippen molar-refractivity contribution >= 4 is 5.91 Å². The predicted molar refractivity (Wildman–Crippen MR) is 76.9 cm³/mol. The van der Waals surface area contributed by atoms with Gasteiger partial charge in [0.1, 0.15) is 12.3 Å². The van der Waals surface area contributed by atoms with Gasteiger partial charge in [-0.05, 0) is 30.7 Å². The van der Waals surface area contributed by atoms with Crippen molar-refractivity contribution in [1.29, 1.82) is 0 Å². The van der Waals surface area contributed by atoms with E-state index in [2.05, 4.69) is 15.2 Å². The van der Waals surface area contributed by atoms with E-state index >= 15 is 0 Å². The zero-order chi connectivity index (χ0) is 19.5. The smallest absolute Gasteiger partial charge is 0.406 e. The van der Waals surface area contributed by atoms with Crippen LogP contribution < -0.4 is 10.1 Å². The van der Waals surface area contributed by atoms with Gasteiger partial charge >= 0.3 is 12.5 Å². The second kappa shape index (κ2) is 7.26. The number of nitrogens with zero attached hydrogens (tertiary/aromatic N) is 2. The van der Waals surface area contributed by atoms with Crippen molar-refractivity contribution < 1.29 is 35.9 Å². The SMILES string of the molecule is C[C@@H](NC(=O)Cn1ccc(C(F)(F)F)n1)c1ccc(OC(F)(F)F)cc1. The zero-order valence-electron chi connectivity index (χ0n) is 13.2. The average Bonchev–Trinajstić information content (AvgIpc) is 2.94. The lowest BCUT2D eigenvalue weighted by Crippen LogP contribution is -2.30. The number of benzene rings is 1. The van der Waals surface area contributed by atoms with Gasteiger partial charge in [0, 0.05) is 6.20 Å². The molecule has 1 aromatic heterocycles. The lowest BCUT2D eigenvalue weighted by atomic mass is 10.1. The van der Waals surface area contributed by atoms with E-state index in [0.29, 0.717) is 5.56 Å². The van der Waals surface area contributed by atoms with Gasteiger partial charge in [0.15, 0.2) is 5.69 Å². The Morgan fingerprint density at radius 2 is 1.77 bits per heavy atom. The molecule has 5 nitrogen and oxygen atoms in total. The van der Waals surface area contributed by atoms with Crippen molar-refractivity contribution in [2.75, 3.05) is 0 Å². The molecule has 11 heteroatoms. The molecule has 26 heavy (non-hydrogen) atoms. The minimum absolute atomic E-state index is 0.406. The Labute approximate surface area is 143 Å². The van der Waals surface area contributed by atoms with Gasteiger partial charge < -0.3 is 10.1 Å². The van der Waals surface area contributed by atoms with Gasteiger partial charge in [0.2, 0.25) is 5.91 Å². The summed E-state index contributed by atoms with van der Waals surface area (Å²) in [4.78, 5) is 11.9. The first kappa shape index (κ1) is 19.6. The van der Waals surface area contributed by atoms with Crippen LogP contribution in [-0.4, -0.2) is 22.1 Å². The molecule has 0 bridgehead atoms. The normalized spacial score (nSPS) is 13.3. The molecule has 0 radical (unpaired) electrons. The lowest BCUT2D eigenvalue weighted by Gasteiger charge is -2.15. The highest BCUT2D eigenvalue weighted by Gasteiger charge is 2.33. The van der Waals surface area contributed by atoms with Crippen molar-refractivity contribution in [3.63, 3.8) is 0 Å². The third-order valence-corrected chi connectivity index (χ3v) is 3.23. The van der Waals surface area contributed by atoms with Crippen LogP contribution in [0.1, 0.15) is 24.2 Å². The number of hydrogen-bond donors (Lipinski definition) is 1. The summed E-state index contributed by atoms with van der Waals surface area (Å²) in [5.41, 5.74) is -0.622. The van der Waals surface area contributed by atoms with E-state index in [9.17, 15) is 31.1 Å². The number of nitrogens with one attached hydrogen (secondary N) is 1. The van der Waals surface area contributed by atoms with Crippen LogP contribution in [0, 0.1) is 0 Å². The number of hydrogen-bond acceptors (Lipinski definition) is 3. The number of rotatable bonds is 5. The van der Waals surface area contributed by atoms with E-state index in [1.807, 2.05) is 0 Å². The number of halogens is 6. The van der Waals surface area contributed by atoms with Crippen molar-refractivity contribution in [3.05, 3.63) is 47.8 Å². The van der Waals surface area contributed by atoms with E-state index < -0.39 is 42.5 Å². The monoisotopic (exact) mass is 381 g/mol. The Balaban J connectivity index is 1.93. The Morgan fingerprint density at radius 3 is 2.27 bits per heavy atom. The summed E-state index contributed by atoms with van der Waals surface area (Å²) in [6.07, 6.45) is -8.38. The van der Waals surface area contributed by atoms with Crippen LogP contribution in [0.4, 0.5) is 26.3 Å². The molecule has 0 unspecified atom stereocenters. The van der Waals surface area contributed by atoms with Crippen LogP contribution in [0.25, 0.3) is 0 Å². The molecule has 2 rings (SSSR count). The summed E-state index contributed by atoms with van der Waals surface area (Å²) in [7, 11) is 0. The fourth-order valence-corrected chi connectivity index (χ4v) is 2.08. The number of alkyl halides is 6. The number of amides is 1. The summed E-state index contributed by atoms with van der Waals surface area (Å²) < 4.78 is 78.2. The third kappa shape index (κ3) is 5.67. The Bertz CT molecular complexity index is 752. The molecule has 1 heterocycles. The highest BCUT2D eigenvalue weighted by Crippen LogP contribution is 2.27. The Morgan fingerprint density at radius 1 is 1.15 bits per heavy atom. The molecule has 0 saturated carbocycles. The van der Waals surface area contributed by atoms with Crippen LogP contribution in [0.3, 0.4) is 0 Å². The van der Waals surface area contributed by atoms with Crippen molar-refractivity contribution in [3.8, 4) is 5.75 Å². The maximum atomic E-state index is 12.4. The van der Waals surface area contributed by atoms with Gasteiger partial charge in [-0.15, -0.1) is 13.2 Å². The van der Waals surface area contributed by atoms with E-state index in [-0.39, 0.29) is 0 Å². The Hall–Kier alpha value is -2.72. The van der Waals surface area contributed by atoms with E-state index in [1.165, 1.54) is 12.1 Å². The summed E-state index contributed by atoms with van der Waals surface area (Å²) in [6, 6.07) is 5.02. The molecule has 1 atom stereocenters. The second-order valence-corrected chi connectivity index (χ2v) is 5.30. The number of ether oxygens (including phenoxy) is 1. The first-order valence-corrected chi connectivity index (χ1v) is 7.20. The predicted octanol–water partition coefficient (Wildman–Crippen LogP) is 3.68. The maximum Gasteiger partial charge on any atom is 0.573 e. The van der Waals surface area contributed by atoms with Gasteiger partial charge in [-0.1, -0.05) is 12.1 Å². The van der Waals surface area contributed by atoms with Gasteiger partial charge in [-0.2, -0.15) is 18.3 Å². The molecule has 0 spiro atoms. The first-order valence-electron chi connectivity index (χ1n) is 7.20. The molecule has 1 amide bonds. The largest absolute Gasteiger partial charge is 0.573 e. The molecule has 142 valence electrons. The van der Waals surface area contributed by atoms with Crippen molar-refractivity contribution in [2.45, 2.75) is 32.0 Å². The standard InChI is InChI=1S/C15H13F6N3O2/c1-9(10-2-4-11(5-3-10)26-15(19,20)21)22-13(25)8-24-7-6-12(23-24)14(16,17)18/h2-7,9H,8H2,1H3,(H,22,25)/t9-/m1/s1. The van der Waals surface area contributed by atoms with Crippen LogP contribution >= 0.6 is 0 Å². The van der Waals surface area contributed by atoms with Gasteiger partial charge in [-0.3, -0.25) is 9.48 Å². The molecule has 0 aliphatic carbocycles. The molecule has 0 fully saturated rings. The number of carbonyl (C=O) groups excluding carboxylic acids is 1. The lowest BCUT2D eigenvalue weighted by molar-refractivity contribution is -0.274. The van der Waals surface area contributed by atoms with Crippen molar-refractivity contribution in [1.82, 2.24) is 15.1 Å². The van der Waals surface area contributed by atoms with Crippen LogP contribution in [0.5, 0.6) is 5.75 Å². The summed E-state index contributed by atoms with van der Waals surface area (Å²) in [5.74, 6) is -1.01. The fraction of sp³-hybridized carbons (Fsp3) is 0.333. The van der Waals surface area contributed by atoms with Gasteiger partial charge in [0.05, 0.1) is 6.04 Å². The van der Waals surface area contributed by atoms with Crippen LogP contribution in [-0.2, 0) is 17.5 Å². The number of carbonyl (C=O) groups is 1. The van der Waals surface area contributed by atoms with Crippen LogP contribution in [0.15, 0.2) is 36.5 Å². The molecule has 0 aliphatic rings. The fourth-order valence-electron chi connectivity index (χ4n) is 2.08. The van der Waals surface area contributed by atoms with Crippen LogP contribution in [0.2, 0.25) is 0 Å². The highest BCUT2D eigenvalue weighted by atomic mass is 19.4. The topological polar surface area (TPSA) is 56.2 Å². The van der Waals surface area contributed by atoms with E-state index in [0.717, 1.165) is 29.1 Å². The third-order valence-electron chi connectivity index (χ3n) is 3.23. The quantitative estimate of drug-likeness (QED) is 0.804. The number of aromatic nitrogens is 2. The first-order chi connectivity index (χ1) is 11.9. The summed E-state index contributed by atoms with van der Waals surface area (Å²) >= 11 is 0. The maximum absolute atomic E-state index is 12.4. The van der Waals surface area contributed by atoms with Gasteiger partial charge in [-0.25, -0.2) is 0 Å². The van der Waals surface area contributed by atoms with Crippen molar-refractivity contribution in [2.24, 2.45) is 0 Å². The summed E-state index contributed by atoms with van der Waals surface area (Å²) in [6.45, 7) is 1.14. The second-order valence-electron chi connectivity index (χ2n) is 5.30. The van der Waals surface area contributed by atoms with Gasteiger partial charge in [0.25, 0.3) is 0 Å². The molecular weight excluding hydrogens is 368 g/mol. The summed E-state index contributed by atoms with van der Waals surface area (Å²) in [5, 5.41) is 5.77. The molecule has 1 N–H and O–H groups in total. The average molecular weight is 381 g/mol. The highest BCUT2D eigenvalue weighted by molar-refractivity contribution is 5.76. The Kier molecular flexibility index (Phi) is 5.47. The molecule has 1 aromatic carbocycles. The molecule has 2 aromatic rings. The molecule has 0 saturated heterocycles. The van der Waals surface area contributed by atoms with E-state index in [4.69, 9.17) is 0 Å². The zero-order valence-corrected chi connectivity index (χ0v) is 13.2. The molecular formula is C15H13F6N3O2. The van der Waals surface area contributed by atoms with E-state index in [1.54, 1.807) is 6.92 Å². The minimum atomic E-state index is -4.81. The molecule has 0 aliphatic heterocycles. The minimum Gasteiger partial charge on any atom is -0.406 e.